The molecule has 2 aromatic carbocycles. The number of nitrogen functional groups attached to an aromatic ring is 1. The molecule has 30 heavy (non-hydrogen) atoms. The van der Waals surface area contributed by atoms with Crippen LogP contribution in [0, 0.1) is 0 Å². The number of hydrogen-bond donors (Lipinski definition) is 3. The highest BCUT2D eigenvalue weighted by Gasteiger charge is 2.15. The molecular formula is C20H14BrClN6O2. The van der Waals surface area contributed by atoms with Crippen LogP contribution in [0.15, 0.2) is 65.5 Å². The first-order chi connectivity index (χ1) is 14.5. The van der Waals surface area contributed by atoms with Crippen molar-refractivity contribution in [2.75, 3.05) is 11.2 Å². The van der Waals surface area contributed by atoms with Crippen LogP contribution in [0.4, 0.5) is 11.5 Å². The van der Waals surface area contributed by atoms with Crippen molar-refractivity contribution in [3.05, 3.63) is 76.1 Å². The number of nitrogens with one attached hydrogen (secondary N) is 2. The zero-order valence-electron chi connectivity index (χ0n) is 15.3. The van der Waals surface area contributed by atoms with Crippen LogP contribution in [0.3, 0.4) is 0 Å². The number of hydrogen-bond acceptors (Lipinski definition) is 7. The molecule has 0 saturated heterocycles. The third kappa shape index (κ3) is 3.98. The minimum absolute atomic E-state index is 0.115. The van der Waals surface area contributed by atoms with Crippen LogP contribution in [0.25, 0.3) is 10.9 Å². The second-order valence-electron chi connectivity index (χ2n) is 6.05. The van der Waals surface area contributed by atoms with Gasteiger partial charge in [0.2, 0.25) is 5.88 Å². The maximum Gasteiger partial charge on any atom is 0.271 e. The smallest absolute Gasteiger partial charge is 0.271 e. The highest BCUT2D eigenvalue weighted by Crippen LogP contribution is 2.35. The molecule has 0 bridgehead atoms. The Morgan fingerprint density at radius 3 is 2.73 bits per heavy atom. The lowest BCUT2D eigenvalue weighted by atomic mass is 10.2. The first-order valence-corrected chi connectivity index (χ1v) is 9.84. The Hall–Kier alpha value is -3.43. The van der Waals surface area contributed by atoms with Gasteiger partial charge in [-0.15, -0.1) is 0 Å². The van der Waals surface area contributed by atoms with E-state index in [0.29, 0.717) is 21.9 Å². The zero-order valence-corrected chi connectivity index (χ0v) is 17.6. The summed E-state index contributed by atoms with van der Waals surface area (Å²) < 4.78 is 6.78. The van der Waals surface area contributed by atoms with E-state index >= 15 is 0 Å². The molecule has 4 aromatic rings. The number of pyridine rings is 1. The van der Waals surface area contributed by atoms with Crippen LogP contribution in [-0.2, 0) is 0 Å². The van der Waals surface area contributed by atoms with Crippen LogP contribution in [-0.4, -0.2) is 20.9 Å². The molecule has 2 aromatic heterocycles. The second kappa shape index (κ2) is 8.52. The minimum atomic E-state index is -0.441. The third-order valence-electron chi connectivity index (χ3n) is 4.15. The molecule has 0 aliphatic heterocycles. The van der Waals surface area contributed by atoms with E-state index in [1.807, 2.05) is 18.2 Å². The fourth-order valence-corrected chi connectivity index (χ4v) is 3.36. The number of carbonyl (C=O) groups is 1. The second-order valence-corrected chi connectivity index (χ2v) is 7.31. The Labute approximate surface area is 184 Å². The van der Waals surface area contributed by atoms with Gasteiger partial charge in [-0.25, -0.2) is 4.98 Å². The van der Waals surface area contributed by atoms with E-state index in [-0.39, 0.29) is 17.4 Å². The van der Waals surface area contributed by atoms with Crippen LogP contribution in [0.5, 0.6) is 11.6 Å². The molecule has 2 heterocycles. The van der Waals surface area contributed by atoms with Crippen molar-refractivity contribution in [1.82, 2.24) is 20.4 Å². The summed E-state index contributed by atoms with van der Waals surface area (Å²) in [6, 6.07) is 14.0. The number of amides is 1. The third-order valence-corrected chi connectivity index (χ3v) is 5.17. The quantitative estimate of drug-likeness (QED) is 0.355. The SMILES string of the molecule is Nc1c(NNC(=O)c2ccccc2Cl)ncnc1Oc1ccc(Br)c2cccnc12. The van der Waals surface area contributed by atoms with Gasteiger partial charge in [-0.3, -0.25) is 20.6 Å². The van der Waals surface area contributed by atoms with Crippen molar-refractivity contribution in [2.24, 2.45) is 0 Å². The van der Waals surface area contributed by atoms with Crippen molar-refractivity contribution in [1.29, 1.82) is 0 Å². The highest BCUT2D eigenvalue weighted by molar-refractivity contribution is 9.10. The number of hydrazine groups is 1. The van der Waals surface area contributed by atoms with E-state index < -0.39 is 5.91 Å². The number of benzene rings is 2. The van der Waals surface area contributed by atoms with Gasteiger partial charge < -0.3 is 10.5 Å². The van der Waals surface area contributed by atoms with Crippen molar-refractivity contribution >= 4 is 55.8 Å². The van der Waals surface area contributed by atoms with E-state index in [9.17, 15) is 4.79 Å². The van der Waals surface area contributed by atoms with Gasteiger partial charge in [0.25, 0.3) is 5.91 Å². The summed E-state index contributed by atoms with van der Waals surface area (Å²) in [5.74, 6) is 0.331. The molecule has 0 unspecified atom stereocenters. The summed E-state index contributed by atoms with van der Waals surface area (Å²) in [4.78, 5) is 24.8. The first kappa shape index (κ1) is 19.9. The number of fused-ring (bicyclic) bond motifs is 1. The van der Waals surface area contributed by atoms with E-state index in [1.54, 1.807) is 36.5 Å². The monoisotopic (exact) mass is 484 g/mol. The van der Waals surface area contributed by atoms with E-state index in [0.717, 1.165) is 9.86 Å². The average molecular weight is 486 g/mol. The molecule has 10 heteroatoms. The van der Waals surface area contributed by atoms with Gasteiger partial charge in [-0.05, 0) is 30.3 Å². The summed E-state index contributed by atoms with van der Waals surface area (Å²) in [5.41, 5.74) is 12.4. The van der Waals surface area contributed by atoms with Crippen molar-refractivity contribution in [3.8, 4) is 11.6 Å². The summed E-state index contributed by atoms with van der Waals surface area (Å²) in [5, 5.41) is 1.21. The number of nitrogens with zero attached hydrogens (tertiary/aromatic N) is 3. The zero-order chi connectivity index (χ0) is 21.1. The first-order valence-electron chi connectivity index (χ1n) is 8.67. The molecule has 4 N–H and O–H groups in total. The Kier molecular flexibility index (Phi) is 5.64. The number of rotatable bonds is 5. The van der Waals surface area contributed by atoms with Crippen molar-refractivity contribution in [2.45, 2.75) is 0 Å². The Morgan fingerprint density at radius 2 is 1.90 bits per heavy atom. The molecular weight excluding hydrogens is 472 g/mol. The molecule has 0 aliphatic carbocycles. The summed E-state index contributed by atoms with van der Waals surface area (Å²) in [6.45, 7) is 0. The molecule has 0 radical (unpaired) electrons. The fourth-order valence-electron chi connectivity index (χ4n) is 2.69. The lowest BCUT2D eigenvalue weighted by molar-refractivity contribution is 0.0962. The molecule has 150 valence electrons. The van der Waals surface area contributed by atoms with Crippen molar-refractivity contribution < 1.29 is 9.53 Å². The van der Waals surface area contributed by atoms with E-state index in [2.05, 4.69) is 41.7 Å². The number of aromatic nitrogens is 3. The lowest BCUT2D eigenvalue weighted by Gasteiger charge is -2.13. The predicted molar refractivity (Wildman–Crippen MR) is 119 cm³/mol. The number of anilines is 2. The normalized spacial score (nSPS) is 10.6. The predicted octanol–water partition coefficient (Wildman–Crippen LogP) is 4.57. The topological polar surface area (TPSA) is 115 Å². The van der Waals surface area contributed by atoms with Crippen LogP contribution in [0.2, 0.25) is 5.02 Å². The lowest BCUT2D eigenvalue weighted by Crippen LogP contribution is -2.30. The Bertz CT molecular complexity index is 1250. The van der Waals surface area contributed by atoms with Gasteiger partial charge in [0.05, 0.1) is 10.6 Å². The molecule has 0 atom stereocenters. The van der Waals surface area contributed by atoms with E-state index in [4.69, 9.17) is 22.1 Å². The largest absolute Gasteiger partial charge is 0.435 e. The molecule has 0 spiro atoms. The summed E-state index contributed by atoms with van der Waals surface area (Å²) in [7, 11) is 0. The fraction of sp³-hybridized carbons (Fsp3) is 0. The maximum absolute atomic E-state index is 12.3. The van der Waals surface area contributed by atoms with Crippen LogP contribution >= 0.6 is 27.5 Å². The standard InChI is InChI=1S/C20H14BrClN6O2/c21-13-7-8-15(17-11(13)5-3-9-24-17)30-20-16(23)18(25-10-26-20)27-28-19(29)12-4-1-2-6-14(12)22/h1-10H,23H2,(H,28,29)(H,25,26,27). The van der Waals surface area contributed by atoms with Crippen LogP contribution in [0.1, 0.15) is 10.4 Å². The van der Waals surface area contributed by atoms with Gasteiger partial charge in [0, 0.05) is 16.1 Å². The number of carbonyl (C=O) groups excluding carboxylic acids is 1. The Balaban J connectivity index is 1.56. The highest BCUT2D eigenvalue weighted by atomic mass is 79.9. The average Bonchev–Trinajstić information content (AvgIpc) is 2.76. The van der Waals surface area contributed by atoms with E-state index in [1.165, 1.54) is 6.33 Å². The van der Waals surface area contributed by atoms with Gasteiger partial charge >= 0.3 is 0 Å². The van der Waals surface area contributed by atoms with Gasteiger partial charge in [-0.1, -0.05) is 45.7 Å². The van der Waals surface area contributed by atoms with Crippen molar-refractivity contribution in [3.63, 3.8) is 0 Å². The molecule has 1 amide bonds. The Morgan fingerprint density at radius 1 is 1.07 bits per heavy atom. The van der Waals surface area contributed by atoms with Gasteiger partial charge in [-0.2, -0.15) is 4.98 Å². The van der Waals surface area contributed by atoms with Crippen LogP contribution < -0.4 is 21.3 Å². The number of halogens is 2. The van der Waals surface area contributed by atoms with Gasteiger partial charge in [0.1, 0.15) is 17.5 Å². The summed E-state index contributed by atoms with van der Waals surface area (Å²) >= 11 is 9.53. The summed E-state index contributed by atoms with van der Waals surface area (Å²) in [6.07, 6.45) is 2.94. The number of ether oxygens (including phenoxy) is 1. The molecule has 4 rings (SSSR count). The maximum atomic E-state index is 12.3. The molecule has 8 nitrogen and oxygen atoms in total. The minimum Gasteiger partial charge on any atom is -0.435 e. The number of nitrogens with two attached hydrogens (primary N) is 1. The molecule has 0 aliphatic rings. The van der Waals surface area contributed by atoms with Gasteiger partial charge in [0.15, 0.2) is 11.6 Å². The molecule has 0 fully saturated rings. The molecule has 0 saturated carbocycles.